The SMILES string of the molecule is CC(C)(C)OC(=O)NC(CCCC(=O)[O-])C(=O)[O-]. The van der Waals surface area contributed by atoms with Crippen molar-refractivity contribution in [2.75, 3.05) is 0 Å². The number of hydrogen-bond acceptors (Lipinski definition) is 6. The van der Waals surface area contributed by atoms with E-state index in [2.05, 4.69) is 5.32 Å². The van der Waals surface area contributed by atoms with Crippen molar-refractivity contribution < 1.29 is 29.3 Å². The van der Waals surface area contributed by atoms with E-state index in [0.717, 1.165) is 0 Å². The molecule has 1 unspecified atom stereocenters. The number of aliphatic carboxylic acids is 2. The summed E-state index contributed by atoms with van der Waals surface area (Å²) in [6.07, 6.45) is -1.16. The molecule has 0 aliphatic rings. The minimum atomic E-state index is -1.49. The molecule has 0 saturated carbocycles. The summed E-state index contributed by atoms with van der Waals surface area (Å²) in [4.78, 5) is 32.2. The van der Waals surface area contributed by atoms with E-state index in [1.165, 1.54) is 0 Å². The molecule has 104 valence electrons. The first kappa shape index (κ1) is 16.2. The monoisotopic (exact) mass is 259 g/mol. The molecule has 0 aromatic rings. The lowest BCUT2D eigenvalue weighted by Gasteiger charge is -2.24. The van der Waals surface area contributed by atoms with E-state index in [1.54, 1.807) is 20.8 Å². The van der Waals surface area contributed by atoms with Gasteiger partial charge in [0.25, 0.3) is 0 Å². The molecule has 1 atom stereocenters. The molecule has 1 amide bonds. The van der Waals surface area contributed by atoms with Gasteiger partial charge in [-0.1, -0.05) is 0 Å². The third-order valence-corrected chi connectivity index (χ3v) is 1.85. The Balaban J connectivity index is 4.23. The van der Waals surface area contributed by atoms with Crippen LogP contribution in [0.1, 0.15) is 40.0 Å². The van der Waals surface area contributed by atoms with Crippen LogP contribution in [0.25, 0.3) is 0 Å². The van der Waals surface area contributed by atoms with Gasteiger partial charge in [0.05, 0.1) is 12.0 Å². The van der Waals surface area contributed by atoms with E-state index >= 15 is 0 Å². The Hall–Kier alpha value is -1.79. The molecule has 1 N–H and O–H groups in total. The van der Waals surface area contributed by atoms with Crippen LogP contribution in [0.3, 0.4) is 0 Å². The summed E-state index contributed by atoms with van der Waals surface area (Å²) in [6, 6.07) is -1.28. The van der Waals surface area contributed by atoms with Gasteiger partial charge in [-0.25, -0.2) is 4.79 Å². The summed E-state index contributed by atoms with van der Waals surface area (Å²) in [5.41, 5.74) is -0.744. The van der Waals surface area contributed by atoms with Crippen LogP contribution in [0.15, 0.2) is 0 Å². The Morgan fingerprint density at radius 3 is 2.17 bits per heavy atom. The molecule has 0 spiro atoms. The molecule has 0 aliphatic heterocycles. The number of carbonyl (C=O) groups is 3. The van der Waals surface area contributed by atoms with Crippen LogP contribution in [-0.4, -0.2) is 29.7 Å². The zero-order chi connectivity index (χ0) is 14.3. The quantitative estimate of drug-likeness (QED) is 0.623. The van der Waals surface area contributed by atoms with Gasteiger partial charge < -0.3 is 29.9 Å². The number of ether oxygens (including phenoxy) is 1. The van der Waals surface area contributed by atoms with Crippen LogP contribution in [-0.2, 0) is 14.3 Å². The minimum absolute atomic E-state index is 0.0600. The lowest BCUT2D eigenvalue weighted by molar-refractivity contribution is -0.310. The second kappa shape index (κ2) is 6.83. The standard InChI is InChI=1S/C11H19NO6/c1-11(2,3)18-10(17)12-7(9(15)16)5-4-6-8(13)14/h7H,4-6H2,1-3H3,(H,12,17)(H,13,14)(H,15,16)/p-2. The van der Waals surface area contributed by atoms with Crippen molar-refractivity contribution in [2.24, 2.45) is 0 Å². The lowest BCUT2D eigenvalue weighted by atomic mass is 10.1. The molecule has 0 aromatic carbocycles. The van der Waals surface area contributed by atoms with Crippen molar-refractivity contribution in [3.05, 3.63) is 0 Å². The molecular formula is C11H17NO6-2. The third-order valence-electron chi connectivity index (χ3n) is 1.85. The van der Waals surface area contributed by atoms with Crippen LogP contribution in [0.4, 0.5) is 4.79 Å². The minimum Gasteiger partial charge on any atom is -0.550 e. The van der Waals surface area contributed by atoms with Gasteiger partial charge in [-0.3, -0.25) is 0 Å². The van der Waals surface area contributed by atoms with E-state index in [9.17, 15) is 24.6 Å². The Labute approximate surface area is 105 Å². The summed E-state index contributed by atoms with van der Waals surface area (Å²) in [7, 11) is 0. The molecule has 0 bridgehead atoms. The Bertz CT molecular complexity index is 320. The highest BCUT2D eigenvalue weighted by atomic mass is 16.6. The molecule has 0 aromatic heterocycles. The van der Waals surface area contributed by atoms with Gasteiger partial charge in [-0.05, 0) is 40.0 Å². The number of hydrogen-bond donors (Lipinski definition) is 1. The number of carbonyl (C=O) groups excluding carboxylic acids is 3. The number of alkyl carbamates (subject to hydrolysis) is 1. The van der Waals surface area contributed by atoms with Crippen molar-refractivity contribution in [3.8, 4) is 0 Å². The fourth-order valence-electron chi connectivity index (χ4n) is 1.15. The first-order chi connectivity index (χ1) is 8.11. The number of nitrogens with one attached hydrogen (secondary N) is 1. The largest absolute Gasteiger partial charge is 0.550 e. The van der Waals surface area contributed by atoms with E-state index in [0.29, 0.717) is 0 Å². The average molecular weight is 259 g/mol. The van der Waals surface area contributed by atoms with Crippen LogP contribution < -0.4 is 15.5 Å². The van der Waals surface area contributed by atoms with Crippen LogP contribution in [0.2, 0.25) is 0 Å². The number of carboxylic acids is 2. The molecule has 0 heterocycles. The van der Waals surface area contributed by atoms with E-state index < -0.39 is 29.7 Å². The van der Waals surface area contributed by atoms with Crippen molar-refractivity contribution in [1.29, 1.82) is 0 Å². The normalized spacial score (nSPS) is 12.6. The van der Waals surface area contributed by atoms with Gasteiger partial charge >= 0.3 is 6.09 Å². The summed E-state index contributed by atoms with van der Waals surface area (Å²) in [5, 5.41) is 23.0. The summed E-state index contributed by atoms with van der Waals surface area (Å²) < 4.78 is 4.88. The van der Waals surface area contributed by atoms with E-state index in [-0.39, 0.29) is 19.3 Å². The van der Waals surface area contributed by atoms with Crippen molar-refractivity contribution >= 4 is 18.0 Å². The highest BCUT2D eigenvalue weighted by Crippen LogP contribution is 2.08. The summed E-state index contributed by atoms with van der Waals surface area (Å²) >= 11 is 0. The maximum absolute atomic E-state index is 11.3. The molecule has 0 rings (SSSR count). The fraction of sp³-hybridized carbons (Fsp3) is 0.727. The Morgan fingerprint density at radius 1 is 1.22 bits per heavy atom. The molecule has 0 fully saturated rings. The smallest absolute Gasteiger partial charge is 0.408 e. The molecule has 0 saturated heterocycles. The average Bonchev–Trinajstić information content (AvgIpc) is 2.12. The predicted molar refractivity (Wildman–Crippen MR) is 57.0 cm³/mol. The molecule has 7 nitrogen and oxygen atoms in total. The van der Waals surface area contributed by atoms with Crippen molar-refractivity contribution in [2.45, 2.75) is 51.7 Å². The maximum atomic E-state index is 11.3. The molecule has 0 radical (unpaired) electrons. The van der Waals surface area contributed by atoms with Crippen molar-refractivity contribution in [3.63, 3.8) is 0 Å². The van der Waals surface area contributed by atoms with Crippen LogP contribution in [0, 0.1) is 0 Å². The Morgan fingerprint density at radius 2 is 1.78 bits per heavy atom. The second-order valence-corrected chi connectivity index (χ2v) is 4.78. The zero-order valence-corrected chi connectivity index (χ0v) is 10.6. The first-order valence-corrected chi connectivity index (χ1v) is 5.52. The summed E-state index contributed by atoms with van der Waals surface area (Å²) in [5.74, 6) is -2.76. The van der Waals surface area contributed by atoms with Gasteiger partial charge in [0.15, 0.2) is 0 Å². The van der Waals surface area contributed by atoms with Gasteiger partial charge in [0.2, 0.25) is 0 Å². The Kier molecular flexibility index (Phi) is 6.15. The van der Waals surface area contributed by atoms with Crippen LogP contribution in [0.5, 0.6) is 0 Å². The highest BCUT2D eigenvalue weighted by Gasteiger charge is 2.19. The second-order valence-electron chi connectivity index (χ2n) is 4.78. The topological polar surface area (TPSA) is 119 Å². The van der Waals surface area contributed by atoms with E-state index in [1.807, 2.05) is 0 Å². The lowest BCUT2D eigenvalue weighted by Crippen LogP contribution is -2.49. The molecule has 7 heteroatoms. The van der Waals surface area contributed by atoms with Gasteiger partial charge in [-0.2, -0.15) is 0 Å². The van der Waals surface area contributed by atoms with Gasteiger partial charge in [-0.15, -0.1) is 0 Å². The molecular weight excluding hydrogens is 242 g/mol. The number of carboxylic acid groups (broad SMARTS) is 2. The third kappa shape index (κ3) is 8.37. The highest BCUT2D eigenvalue weighted by molar-refractivity contribution is 5.78. The first-order valence-electron chi connectivity index (χ1n) is 5.52. The number of rotatable bonds is 6. The number of amides is 1. The maximum Gasteiger partial charge on any atom is 0.408 e. The summed E-state index contributed by atoms with van der Waals surface area (Å²) in [6.45, 7) is 4.91. The van der Waals surface area contributed by atoms with Crippen molar-refractivity contribution in [1.82, 2.24) is 5.32 Å². The fourth-order valence-corrected chi connectivity index (χ4v) is 1.15. The van der Waals surface area contributed by atoms with E-state index in [4.69, 9.17) is 4.74 Å². The van der Waals surface area contributed by atoms with Crippen LogP contribution >= 0.6 is 0 Å². The van der Waals surface area contributed by atoms with Gasteiger partial charge in [0, 0.05) is 5.97 Å². The van der Waals surface area contributed by atoms with Gasteiger partial charge in [0.1, 0.15) is 5.60 Å². The predicted octanol–water partition coefficient (Wildman–Crippen LogP) is -1.45. The molecule has 18 heavy (non-hydrogen) atoms. The zero-order valence-electron chi connectivity index (χ0n) is 10.6. The molecule has 0 aliphatic carbocycles.